The van der Waals surface area contributed by atoms with E-state index in [9.17, 15) is 4.79 Å². The molecular formula is C22H15ClN2O3S. The number of rotatable bonds is 4. The third-order valence-electron chi connectivity index (χ3n) is 4.65. The molecule has 0 radical (unpaired) electrons. The average Bonchev–Trinajstić information content (AvgIpc) is 3.40. The molecule has 0 spiro atoms. The van der Waals surface area contributed by atoms with Gasteiger partial charge in [0.05, 0.1) is 11.4 Å². The van der Waals surface area contributed by atoms with E-state index in [0.29, 0.717) is 22.1 Å². The second kappa shape index (κ2) is 7.06. The number of fused-ring (bicyclic) bond motifs is 2. The first-order valence-corrected chi connectivity index (χ1v) is 10.1. The lowest BCUT2D eigenvalue weighted by atomic mass is 10.1. The Hall–Kier alpha value is -3.09. The molecule has 144 valence electrons. The van der Waals surface area contributed by atoms with Crippen molar-refractivity contribution < 1.29 is 14.3 Å². The van der Waals surface area contributed by atoms with Crippen LogP contribution in [0.2, 0.25) is 5.02 Å². The lowest BCUT2D eigenvalue weighted by molar-refractivity contribution is 0.104. The van der Waals surface area contributed by atoms with Crippen LogP contribution < -0.4 is 9.47 Å². The van der Waals surface area contributed by atoms with E-state index in [2.05, 4.69) is 0 Å². The highest BCUT2D eigenvalue weighted by molar-refractivity contribution is 7.17. The maximum absolute atomic E-state index is 12.7. The number of thiazole rings is 1. The molecule has 0 N–H and O–H groups in total. The zero-order chi connectivity index (χ0) is 20.0. The Bertz CT molecular complexity index is 1270. The lowest BCUT2D eigenvalue weighted by Gasteiger charge is -2.02. The van der Waals surface area contributed by atoms with Gasteiger partial charge in [-0.25, -0.2) is 4.98 Å². The molecule has 1 aliphatic rings. The van der Waals surface area contributed by atoms with E-state index in [1.54, 1.807) is 35.6 Å². The number of hydrogen-bond acceptors (Lipinski definition) is 5. The summed E-state index contributed by atoms with van der Waals surface area (Å²) in [5, 5.41) is 0.667. The number of halogens is 1. The summed E-state index contributed by atoms with van der Waals surface area (Å²) in [5.74, 6) is 1.13. The van der Waals surface area contributed by atoms with Crippen LogP contribution in [-0.4, -0.2) is 22.0 Å². The highest BCUT2D eigenvalue weighted by atomic mass is 35.5. The van der Waals surface area contributed by atoms with Gasteiger partial charge in [0, 0.05) is 27.2 Å². The van der Waals surface area contributed by atoms with Crippen molar-refractivity contribution >= 4 is 39.8 Å². The predicted molar refractivity (Wildman–Crippen MR) is 114 cm³/mol. The van der Waals surface area contributed by atoms with Crippen molar-refractivity contribution in [3.8, 4) is 22.8 Å². The van der Waals surface area contributed by atoms with Crippen LogP contribution in [0.15, 0.2) is 54.7 Å². The number of benzene rings is 2. The fraction of sp³-hybridized carbons (Fsp3) is 0.0909. The first-order chi connectivity index (χ1) is 14.1. The molecule has 0 atom stereocenters. The molecule has 3 heterocycles. The Balaban J connectivity index is 1.54. The first kappa shape index (κ1) is 18.0. The number of carbonyl (C=O) groups is 1. The van der Waals surface area contributed by atoms with Crippen molar-refractivity contribution in [3.05, 3.63) is 75.9 Å². The largest absolute Gasteiger partial charge is 0.454 e. The van der Waals surface area contributed by atoms with Crippen molar-refractivity contribution in [3.63, 3.8) is 0 Å². The third-order valence-corrected chi connectivity index (χ3v) is 5.80. The van der Waals surface area contributed by atoms with Gasteiger partial charge in [0.1, 0.15) is 0 Å². The summed E-state index contributed by atoms with van der Waals surface area (Å²) in [7, 11) is 0. The monoisotopic (exact) mass is 422 g/mol. The van der Waals surface area contributed by atoms with Gasteiger partial charge in [-0.3, -0.25) is 9.20 Å². The molecule has 29 heavy (non-hydrogen) atoms. The van der Waals surface area contributed by atoms with Crippen molar-refractivity contribution in [1.82, 2.24) is 9.38 Å². The molecule has 0 amide bonds. The Morgan fingerprint density at radius 2 is 1.97 bits per heavy atom. The summed E-state index contributed by atoms with van der Waals surface area (Å²) in [5.41, 5.74) is 3.14. The van der Waals surface area contributed by atoms with Crippen molar-refractivity contribution in [2.45, 2.75) is 6.92 Å². The summed E-state index contributed by atoms with van der Waals surface area (Å²) in [6.07, 6.45) is 5.40. The summed E-state index contributed by atoms with van der Waals surface area (Å²) >= 11 is 7.63. The number of ketones is 1. The van der Waals surface area contributed by atoms with Crippen molar-refractivity contribution in [2.75, 3.05) is 6.79 Å². The van der Waals surface area contributed by atoms with Gasteiger partial charge in [-0.1, -0.05) is 23.7 Å². The molecular weight excluding hydrogens is 408 g/mol. The number of nitrogens with zero attached hydrogens (tertiary/aromatic N) is 2. The van der Waals surface area contributed by atoms with Crippen LogP contribution in [-0.2, 0) is 0 Å². The molecule has 0 fully saturated rings. The summed E-state index contributed by atoms with van der Waals surface area (Å²) in [6.45, 7) is 2.21. The molecule has 1 aliphatic heterocycles. The molecule has 7 heteroatoms. The molecule has 0 aliphatic carbocycles. The van der Waals surface area contributed by atoms with Crippen LogP contribution in [0, 0.1) is 6.92 Å². The number of imidazole rings is 1. The van der Waals surface area contributed by atoms with Gasteiger partial charge in [-0.15, -0.1) is 11.3 Å². The van der Waals surface area contributed by atoms with Crippen LogP contribution in [0.4, 0.5) is 0 Å². The normalized spacial score (nSPS) is 12.9. The van der Waals surface area contributed by atoms with E-state index in [1.165, 1.54) is 0 Å². The molecule has 0 unspecified atom stereocenters. The summed E-state index contributed by atoms with van der Waals surface area (Å²) < 4.78 is 12.7. The van der Waals surface area contributed by atoms with Crippen LogP contribution in [0.25, 0.3) is 22.3 Å². The van der Waals surface area contributed by atoms with Crippen molar-refractivity contribution in [2.24, 2.45) is 0 Å². The zero-order valence-corrected chi connectivity index (χ0v) is 17.0. The predicted octanol–water partition coefficient (Wildman–Crippen LogP) is 5.65. The molecule has 0 saturated heterocycles. The SMILES string of the molecule is Cc1cn2c(C=CC(=O)c3ccc4c(c3)OCO4)c(-c3ccc(Cl)cc3)nc2s1. The smallest absolute Gasteiger partial charge is 0.231 e. The number of hydrogen-bond donors (Lipinski definition) is 0. The minimum absolute atomic E-state index is 0.118. The first-order valence-electron chi connectivity index (χ1n) is 8.95. The molecule has 2 aromatic heterocycles. The van der Waals surface area contributed by atoms with Gasteiger partial charge in [-0.2, -0.15) is 0 Å². The quantitative estimate of drug-likeness (QED) is 0.315. The highest BCUT2D eigenvalue weighted by Gasteiger charge is 2.17. The minimum atomic E-state index is -0.118. The van der Waals surface area contributed by atoms with Gasteiger partial charge in [-0.05, 0) is 49.4 Å². The van der Waals surface area contributed by atoms with E-state index >= 15 is 0 Å². The fourth-order valence-corrected chi connectivity index (χ4v) is 4.21. The van der Waals surface area contributed by atoms with Gasteiger partial charge < -0.3 is 9.47 Å². The van der Waals surface area contributed by atoms with E-state index in [-0.39, 0.29) is 12.6 Å². The Kier molecular flexibility index (Phi) is 4.38. The van der Waals surface area contributed by atoms with Crippen LogP contribution in [0.1, 0.15) is 20.9 Å². The van der Waals surface area contributed by atoms with Gasteiger partial charge in [0.15, 0.2) is 22.2 Å². The second-order valence-electron chi connectivity index (χ2n) is 6.61. The van der Waals surface area contributed by atoms with E-state index in [1.807, 2.05) is 47.9 Å². The maximum Gasteiger partial charge on any atom is 0.231 e. The van der Waals surface area contributed by atoms with E-state index in [4.69, 9.17) is 26.1 Å². The van der Waals surface area contributed by atoms with Crippen LogP contribution in [0.5, 0.6) is 11.5 Å². The van der Waals surface area contributed by atoms with Crippen LogP contribution >= 0.6 is 22.9 Å². The Morgan fingerprint density at radius 3 is 2.79 bits per heavy atom. The Morgan fingerprint density at radius 1 is 1.17 bits per heavy atom. The third kappa shape index (κ3) is 3.30. The molecule has 4 aromatic rings. The van der Waals surface area contributed by atoms with E-state index in [0.717, 1.165) is 26.8 Å². The van der Waals surface area contributed by atoms with Gasteiger partial charge >= 0.3 is 0 Å². The number of allylic oxidation sites excluding steroid dienone is 1. The average molecular weight is 423 g/mol. The zero-order valence-electron chi connectivity index (χ0n) is 15.4. The molecule has 0 saturated carbocycles. The lowest BCUT2D eigenvalue weighted by Crippen LogP contribution is -1.95. The van der Waals surface area contributed by atoms with Crippen molar-refractivity contribution in [1.29, 1.82) is 0 Å². The standard InChI is InChI=1S/C22H15ClN2O3S/c1-13-11-25-17(21(24-22(25)29-13)14-2-5-16(23)6-3-14)7-8-18(26)15-4-9-19-20(10-15)28-12-27-19/h2-11H,12H2,1H3. The highest BCUT2D eigenvalue weighted by Crippen LogP contribution is 2.33. The van der Waals surface area contributed by atoms with Gasteiger partial charge in [0.2, 0.25) is 6.79 Å². The summed E-state index contributed by atoms with van der Waals surface area (Å²) in [6, 6.07) is 12.7. The maximum atomic E-state index is 12.7. The molecule has 0 bridgehead atoms. The topological polar surface area (TPSA) is 52.8 Å². The number of ether oxygens (including phenoxy) is 2. The Labute approximate surface area is 175 Å². The second-order valence-corrected chi connectivity index (χ2v) is 8.26. The van der Waals surface area contributed by atoms with Crippen LogP contribution in [0.3, 0.4) is 0 Å². The number of aryl methyl sites for hydroxylation is 1. The molecule has 2 aromatic carbocycles. The number of aromatic nitrogens is 2. The number of carbonyl (C=O) groups excluding carboxylic acids is 1. The molecule has 5 nitrogen and oxygen atoms in total. The van der Waals surface area contributed by atoms with Gasteiger partial charge in [0.25, 0.3) is 0 Å². The molecule has 5 rings (SSSR count). The van der Waals surface area contributed by atoms with E-state index < -0.39 is 0 Å². The fourth-order valence-electron chi connectivity index (χ4n) is 3.25. The summed E-state index contributed by atoms with van der Waals surface area (Å²) in [4.78, 5) is 19.5. The minimum Gasteiger partial charge on any atom is -0.454 e.